The van der Waals surface area contributed by atoms with Crippen molar-refractivity contribution in [2.45, 2.75) is 110 Å². The number of unbranched alkanes of at least 4 members (excludes halogenated alkanes) is 3. The fraction of sp³-hybridized carbons (Fsp3) is 1.00. The van der Waals surface area contributed by atoms with Crippen molar-refractivity contribution in [3.05, 3.63) is 0 Å². The minimum Gasteiger partial charge on any atom is -0.378 e. The van der Waals surface area contributed by atoms with Gasteiger partial charge in [0.2, 0.25) is 0 Å². The Balaban J connectivity index is 1.55. The molecule has 1 nitrogen and oxygen atoms in total. The second-order valence-corrected chi connectivity index (χ2v) is 8.04. The van der Waals surface area contributed by atoms with Crippen LogP contribution >= 0.6 is 0 Å². The van der Waals surface area contributed by atoms with E-state index in [-0.39, 0.29) is 0 Å². The van der Waals surface area contributed by atoms with Gasteiger partial charge in [0, 0.05) is 6.61 Å². The molecule has 0 amide bonds. The maximum atomic E-state index is 6.11. The summed E-state index contributed by atoms with van der Waals surface area (Å²) in [5.74, 6) is 3.14. The van der Waals surface area contributed by atoms with Gasteiger partial charge in [-0.2, -0.15) is 0 Å². The highest BCUT2D eigenvalue weighted by Gasteiger charge is 2.30. The van der Waals surface area contributed by atoms with Gasteiger partial charge in [-0.3, -0.25) is 0 Å². The standard InChI is InChI=1S/C21H40O/c1-3-5-6-7-17-22-21-15-13-20(14-16-21)19-11-9-18(8-4-2)10-12-19/h18-21H,3-17H2,1-2H3/t18?,19?,20-,21-. The first kappa shape index (κ1) is 18.3. The van der Waals surface area contributed by atoms with E-state index >= 15 is 0 Å². The zero-order valence-electron chi connectivity index (χ0n) is 15.3. The van der Waals surface area contributed by atoms with Crippen LogP contribution in [0.4, 0.5) is 0 Å². The van der Waals surface area contributed by atoms with Gasteiger partial charge in [0.05, 0.1) is 6.10 Å². The van der Waals surface area contributed by atoms with Gasteiger partial charge < -0.3 is 4.74 Å². The largest absolute Gasteiger partial charge is 0.378 e. The topological polar surface area (TPSA) is 9.23 Å². The van der Waals surface area contributed by atoms with E-state index in [0.717, 1.165) is 24.4 Å². The number of hydrogen-bond acceptors (Lipinski definition) is 1. The van der Waals surface area contributed by atoms with E-state index in [1.54, 1.807) is 0 Å². The van der Waals surface area contributed by atoms with Gasteiger partial charge in [-0.1, -0.05) is 58.8 Å². The molecule has 2 saturated carbocycles. The van der Waals surface area contributed by atoms with Gasteiger partial charge in [0.1, 0.15) is 0 Å². The third-order valence-corrected chi connectivity index (χ3v) is 6.33. The molecule has 2 fully saturated rings. The van der Waals surface area contributed by atoms with Crippen LogP contribution in [0.3, 0.4) is 0 Å². The van der Waals surface area contributed by atoms with E-state index in [4.69, 9.17) is 4.74 Å². The minimum absolute atomic E-state index is 0.592. The van der Waals surface area contributed by atoms with Crippen LogP contribution in [0.2, 0.25) is 0 Å². The highest BCUT2D eigenvalue weighted by Crippen LogP contribution is 2.41. The predicted molar refractivity (Wildman–Crippen MR) is 96.2 cm³/mol. The summed E-state index contributed by atoms with van der Waals surface area (Å²) in [6.45, 7) is 5.63. The SMILES string of the molecule is CCCCCCO[C@H]1CC[C@H](C2CCC(CCC)CC2)CC1. The highest BCUT2D eigenvalue weighted by atomic mass is 16.5. The van der Waals surface area contributed by atoms with E-state index in [9.17, 15) is 0 Å². The summed E-state index contributed by atoms with van der Waals surface area (Å²) in [6, 6.07) is 0. The summed E-state index contributed by atoms with van der Waals surface area (Å²) in [5, 5.41) is 0. The summed E-state index contributed by atoms with van der Waals surface area (Å²) < 4.78 is 6.11. The third kappa shape index (κ3) is 6.22. The molecular weight excluding hydrogens is 268 g/mol. The Morgan fingerprint density at radius 2 is 1.32 bits per heavy atom. The summed E-state index contributed by atoms with van der Waals surface area (Å²) in [4.78, 5) is 0. The molecule has 0 aromatic carbocycles. The van der Waals surface area contributed by atoms with Crippen LogP contribution in [0.5, 0.6) is 0 Å². The lowest BCUT2D eigenvalue weighted by Crippen LogP contribution is -2.28. The summed E-state index contributed by atoms with van der Waals surface area (Å²) in [7, 11) is 0. The third-order valence-electron chi connectivity index (χ3n) is 6.33. The smallest absolute Gasteiger partial charge is 0.0575 e. The molecule has 2 rings (SSSR count). The van der Waals surface area contributed by atoms with Gasteiger partial charge in [-0.05, 0) is 62.7 Å². The maximum absolute atomic E-state index is 6.11. The van der Waals surface area contributed by atoms with Crippen LogP contribution in [0.15, 0.2) is 0 Å². The number of hydrogen-bond donors (Lipinski definition) is 0. The molecule has 0 heterocycles. The Kier molecular flexibility index (Phi) is 8.89. The first-order chi connectivity index (χ1) is 10.8. The quantitative estimate of drug-likeness (QED) is 0.428. The van der Waals surface area contributed by atoms with E-state index in [1.165, 1.54) is 89.9 Å². The van der Waals surface area contributed by atoms with E-state index in [1.807, 2.05) is 0 Å². The van der Waals surface area contributed by atoms with Crippen LogP contribution in [0.25, 0.3) is 0 Å². The molecule has 2 aliphatic rings. The molecule has 0 N–H and O–H groups in total. The molecule has 0 saturated heterocycles. The van der Waals surface area contributed by atoms with Crippen molar-refractivity contribution >= 4 is 0 Å². The Morgan fingerprint density at radius 3 is 1.91 bits per heavy atom. The molecule has 22 heavy (non-hydrogen) atoms. The van der Waals surface area contributed by atoms with Crippen molar-refractivity contribution in [1.82, 2.24) is 0 Å². The van der Waals surface area contributed by atoms with Gasteiger partial charge >= 0.3 is 0 Å². The van der Waals surface area contributed by atoms with Crippen molar-refractivity contribution in [1.29, 1.82) is 0 Å². The van der Waals surface area contributed by atoms with Crippen LogP contribution in [-0.4, -0.2) is 12.7 Å². The van der Waals surface area contributed by atoms with Gasteiger partial charge in [0.15, 0.2) is 0 Å². The van der Waals surface area contributed by atoms with Crippen molar-refractivity contribution in [3.63, 3.8) is 0 Å². The Hall–Kier alpha value is -0.0400. The summed E-state index contributed by atoms with van der Waals surface area (Å²) >= 11 is 0. The van der Waals surface area contributed by atoms with Gasteiger partial charge in [-0.15, -0.1) is 0 Å². The zero-order chi connectivity index (χ0) is 15.6. The first-order valence-electron chi connectivity index (χ1n) is 10.4. The molecule has 130 valence electrons. The zero-order valence-corrected chi connectivity index (χ0v) is 15.3. The lowest BCUT2D eigenvalue weighted by molar-refractivity contribution is 0.00532. The van der Waals surface area contributed by atoms with Crippen molar-refractivity contribution in [2.24, 2.45) is 17.8 Å². The van der Waals surface area contributed by atoms with Crippen LogP contribution in [-0.2, 0) is 4.74 Å². The number of rotatable bonds is 9. The van der Waals surface area contributed by atoms with Gasteiger partial charge in [0.25, 0.3) is 0 Å². The first-order valence-corrected chi connectivity index (χ1v) is 10.4. The molecule has 0 bridgehead atoms. The van der Waals surface area contributed by atoms with E-state index in [0.29, 0.717) is 6.10 Å². The molecule has 0 spiro atoms. The van der Waals surface area contributed by atoms with Crippen LogP contribution in [0, 0.1) is 17.8 Å². The molecule has 0 atom stereocenters. The monoisotopic (exact) mass is 308 g/mol. The normalized spacial score (nSPS) is 33.0. The average Bonchev–Trinajstić information content (AvgIpc) is 2.56. The summed E-state index contributed by atoms with van der Waals surface area (Å²) in [6.07, 6.45) is 20.4. The molecule has 0 aromatic rings. The predicted octanol–water partition coefficient (Wildman–Crippen LogP) is 6.75. The van der Waals surface area contributed by atoms with Crippen molar-refractivity contribution in [3.8, 4) is 0 Å². The van der Waals surface area contributed by atoms with Crippen molar-refractivity contribution < 1.29 is 4.74 Å². The second-order valence-electron chi connectivity index (χ2n) is 8.04. The lowest BCUT2D eigenvalue weighted by Gasteiger charge is -2.37. The lowest BCUT2D eigenvalue weighted by atomic mass is 9.70. The average molecular weight is 309 g/mol. The van der Waals surface area contributed by atoms with Crippen LogP contribution < -0.4 is 0 Å². The summed E-state index contributed by atoms with van der Waals surface area (Å²) in [5.41, 5.74) is 0. The number of ether oxygens (including phenoxy) is 1. The highest BCUT2D eigenvalue weighted by molar-refractivity contribution is 4.82. The molecule has 1 heteroatoms. The molecule has 2 aliphatic carbocycles. The van der Waals surface area contributed by atoms with Crippen LogP contribution in [0.1, 0.15) is 104 Å². The Bertz CT molecular complexity index is 259. The minimum atomic E-state index is 0.592. The molecule has 0 aromatic heterocycles. The second kappa shape index (κ2) is 10.7. The maximum Gasteiger partial charge on any atom is 0.0575 e. The molecular formula is C21H40O. The fourth-order valence-electron chi connectivity index (χ4n) is 4.86. The van der Waals surface area contributed by atoms with Crippen molar-refractivity contribution in [2.75, 3.05) is 6.61 Å². The Morgan fingerprint density at radius 1 is 0.682 bits per heavy atom. The Labute approximate surface area is 139 Å². The molecule has 0 radical (unpaired) electrons. The fourth-order valence-corrected chi connectivity index (χ4v) is 4.86. The van der Waals surface area contributed by atoms with E-state index in [2.05, 4.69) is 13.8 Å². The molecule has 0 aliphatic heterocycles. The van der Waals surface area contributed by atoms with E-state index < -0.39 is 0 Å². The molecule has 0 unspecified atom stereocenters. The van der Waals surface area contributed by atoms with Gasteiger partial charge in [-0.25, -0.2) is 0 Å².